The summed E-state index contributed by atoms with van der Waals surface area (Å²) in [5, 5.41) is 1.96. The fourth-order valence-electron chi connectivity index (χ4n) is 2.49. The van der Waals surface area contributed by atoms with Gasteiger partial charge in [-0.3, -0.25) is 9.59 Å². The molecule has 5 heteroatoms. The monoisotopic (exact) mass is 301 g/mol. The number of carbonyl (C=O) groups excluding carboxylic acids is 2. The molecule has 0 saturated heterocycles. The maximum Gasteiger partial charge on any atom is 0.232 e. The lowest BCUT2D eigenvalue weighted by atomic mass is 9.99. The van der Waals surface area contributed by atoms with Gasteiger partial charge in [0.25, 0.3) is 0 Å². The van der Waals surface area contributed by atoms with Gasteiger partial charge in [0.1, 0.15) is 5.75 Å². The molecule has 0 spiro atoms. The molecule has 0 unspecified atom stereocenters. The summed E-state index contributed by atoms with van der Waals surface area (Å²) in [6.07, 6.45) is 0.730. The van der Waals surface area contributed by atoms with E-state index in [1.807, 2.05) is 17.5 Å². The first-order valence-corrected chi connectivity index (χ1v) is 7.61. The zero-order chi connectivity index (χ0) is 14.8. The number of fused-ring (bicyclic) bond motifs is 1. The quantitative estimate of drug-likeness (QED) is 0.875. The van der Waals surface area contributed by atoms with Crippen LogP contribution in [0.2, 0.25) is 0 Å². The summed E-state index contributed by atoms with van der Waals surface area (Å²) < 4.78 is 5.16. The Morgan fingerprint density at radius 3 is 2.95 bits per heavy atom. The van der Waals surface area contributed by atoms with Gasteiger partial charge in [-0.1, -0.05) is 6.07 Å². The highest BCUT2D eigenvalue weighted by Gasteiger charge is 2.27. The minimum absolute atomic E-state index is 0.0244. The standard InChI is InChI=1S/C16H15NO3S/c1-20-11-4-5-14-13(9-11)15(18)6-7-17(14)16(19)10-12-3-2-8-21-12/h2-5,8-9H,6-7,10H2,1H3. The van der Waals surface area contributed by atoms with E-state index < -0.39 is 0 Å². The molecule has 0 radical (unpaired) electrons. The number of benzene rings is 1. The number of thiophene rings is 1. The van der Waals surface area contributed by atoms with Crippen LogP contribution in [-0.4, -0.2) is 25.3 Å². The van der Waals surface area contributed by atoms with Crippen LogP contribution in [0.1, 0.15) is 21.7 Å². The van der Waals surface area contributed by atoms with Crippen molar-refractivity contribution in [2.75, 3.05) is 18.6 Å². The minimum Gasteiger partial charge on any atom is -0.497 e. The first-order chi connectivity index (χ1) is 10.2. The van der Waals surface area contributed by atoms with Crippen molar-refractivity contribution in [2.45, 2.75) is 12.8 Å². The molecular weight excluding hydrogens is 286 g/mol. The van der Waals surface area contributed by atoms with Gasteiger partial charge < -0.3 is 9.64 Å². The molecular formula is C16H15NO3S. The molecule has 3 rings (SSSR count). The first kappa shape index (κ1) is 13.8. The number of methoxy groups -OCH3 is 1. The summed E-state index contributed by atoms with van der Waals surface area (Å²) in [5.41, 5.74) is 1.26. The van der Waals surface area contributed by atoms with Gasteiger partial charge in [0.2, 0.25) is 5.91 Å². The fraction of sp³-hybridized carbons (Fsp3) is 0.250. The lowest BCUT2D eigenvalue weighted by molar-refractivity contribution is -0.117. The van der Waals surface area contributed by atoms with Gasteiger partial charge in [-0.15, -0.1) is 11.3 Å². The topological polar surface area (TPSA) is 46.6 Å². The largest absolute Gasteiger partial charge is 0.497 e. The minimum atomic E-state index is 0.0244. The Morgan fingerprint density at radius 2 is 2.24 bits per heavy atom. The van der Waals surface area contributed by atoms with Gasteiger partial charge >= 0.3 is 0 Å². The normalized spacial score (nSPS) is 14.0. The van der Waals surface area contributed by atoms with Crippen LogP contribution in [0.25, 0.3) is 0 Å². The lowest BCUT2D eigenvalue weighted by Crippen LogP contribution is -2.38. The molecule has 1 aromatic carbocycles. The van der Waals surface area contributed by atoms with E-state index in [0.717, 1.165) is 4.88 Å². The summed E-state index contributed by atoms with van der Waals surface area (Å²) in [6, 6.07) is 9.17. The molecule has 1 aliphatic heterocycles. The molecule has 2 aromatic rings. The first-order valence-electron chi connectivity index (χ1n) is 6.73. The van der Waals surface area contributed by atoms with E-state index in [2.05, 4.69) is 0 Å². The summed E-state index contributed by atoms with van der Waals surface area (Å²) in [7, 11) is 1.56. The summed E-state index contributed by atoms with van der Waals surface area (Å²) in [4.78, 5) is 27.3. The highest BCUT2D eigenvalue weighted by atomic mass is 32.1. The molecule has 1 amide bonds. The average molecular weight is 301 g/mol. The Balaban J connectivity index is 1.90. The van der Waals surface area contributed by atoms with Crippen LogP contribution in [0.3, 0.4) is 0 Å². The molecule has 21 heavy (non-hydrogen) atoms. The van der Waals surface area contributed by atoms with Crippen LogP contribution < -0.4 is 9.64 Å². The van der Waals surface area contributed by atoms with Gasteiger partial charge in [0, 0.05) is 23.4 Å². The van der Waals surface area contributed by atoms with Crippen molar-refractivity contribution < 1.29 is 14.3 Å². The third kappa shape index (κ3) is 2.69. The second-order valence-corrected chi connectivity index (χ2v) is 5.89. The molecule has 4 nitrogen and oxygen atoms in total. The van der Waals surface area contributed by atoms with E-state index in [9.17, 15) is 9.59 Å². The number of hydrogen-bond donors (Lipinski definition) is 0. The number of rotatable bonds is 3. The fourth-order valence-corrected chi connectivity index (χ4v) is 3.18. The van der Waals surface area contributed by atoms with Crippen molar-refractivity contribution in [1.82, 2.24) is 0 Å². The predicted molar refractivity (Wildman–Crippen MR) is 82.3 cm³/mol. The molecule has 0 atom stereocenters. The number of ether oxygens (including phenoxy) is 1. The molecule has 0 fully saturated rings. The number of hydrogen-bond acceptors (Lipinski definition) is 4. The maximum atomic E-state index is 12.5. The van der Waals surface area contributed by atoms with Crippen molar-refractivity contribution in [3.63, 3.8) is 0 Å². The highest BCUT2D eigenvalue weighted by Crippen LogP contribution is 2.31. The molecule has 0 bridgehead atoms. The number of carbonyl (C=O) groups is 2. The predicted octanol–water partition coefficient (Wildman–Crippen LogP) is 2.92. The second kappa shape index (κ2) is 5.69. The van der Waals surface area contributed by atoms with Crippen LogP contribution in [-0.2, 0) is 11.2 Å². The van der Waals surface area contributed by atoms with E-state index in [4.69, 9.17) is 4.74 Å². The summed E-state index contributed by atoms with van der Waals surface area (Å²) in [5.74, 6) is 0.718. The highest BCUT2D eigenvalue weighted by molar-refractivity contribution is 7.10. The van der Waals surface area contributed by atoms with Crippen molar-refractivity contribution in [2.24, 2.45) is 0 Å². The van der Waals surface area contributed by atoms with Gasteiger partial charge in [-0.25, -0.2) is 0 Å². The lowest BCUT2D eigenvalue weighted by Gasteiger charge is -2.29. The molecule has 0 saturated carbocycles. The molecule has 0 aliphatic carbocycles. The summed E-state index contributed by atoms with van der Waals surface area (Å²) in [6.45, 7) is 0.447. The number of anilines is 1. The number of amides is 1. The SMILES string of the molecule is COc1ccc2c(c1)C(=O)CCN2C(=O)Cc1cccs1. The Hall–Kier alpha value is -2.14. The van der Waals surface area contributed by atoms with Crippen molar-refractivity contribution in [3.05, 3.63) is 46.2 Å². The maximum absolute atomic E-state index is 12.5. The van der Waals surface area contributed by atoms with Crippen LogP contribution in [0.5, 0.6) is 5.75 Å². The third-order valence-corrected chi connectivity index (χ3v) is 4.44. The Bertz CT molecular complexity index is 679. The van der Waals surface area contributed by atoms with Crippen LogP contribution in [0.4, 0.5) is 5.69 Å². The van der Waals surface area contributed by atoms with Crippen molar-refractivity contribution in [3.8, 4) is 5.75 Å². The van der Waals surface area contributed by atoms with E-state index in [1.165, 1.54) is 0 Å². The second-order valence-electron chi connectivity index (χ2n) is 4.86. The van der Waals surface area contributed by atoms with Crippen LogP contribution >= 0.6 is 11.3 Å². The molecule has 108 valence electrons. The van der Waals surface area contributed by atoms with Gasteiger partial charge in [-0.05, 0) is 29.6 Å². The van der Waals surface area contributed by atoms with E-state index in [-0.39, 0.29) is 11.7 Å². The average Bonchev–Trinajstić information content (AvgIpc) is 3.00. The van der Waals surface area contributed by atoms with Gasteiger partial charge in [-0.2, -0.15) is 0 Å². The van der Waals surface area contributed by atoms with Crippen molar-refractivity contribution in [1.29, 1.82) is 0 Å². The van der Waals surface area contributed by atoms with Crippen molar-refractivity contribution >= 4 is 28.7 Å². The molecule has 1 aliphatic rings. The molecule has 0 N–H and O–H groups in total. The van der Waals surface area contributed by atoms with Crippen LogP contribution in [0.15, 0.2) is 35.7 Å². The number of ketones is 1. The summed E-state index contributed by atoms with van der Waals surface area (Å²) >= 11 is 1.57. The zero-order valence-corrected chi connectivity index (χ0v) is 12.5. The van der Waals surface area contributed by atoms with E-state index >= 15 is 0 Å². The van der Waals surface area contributed by atoms with Crippen LogP contribution in [0, 0.1) is 0 Å². The van der Waals surface area contributed by atoms with Gasteiger partial charge in [0.05, 0.1) is 19.2 Å². The smallest absolute Gasteiger partial charge is 0.232 e. The number of Topliss-reactive ketones (excluding diaryl/α,β-unsaturated/α-hetero) is 1. The van der Waals surface area contributed by atoms with Gasteiger partial charge in [0.15, 0.2) is 5.78 Å². The van der Waals surface area contributed by atoms with E-state index in [0.29, 0.717) is 36.4 Å². The Labute approximate surface area is 127 Å². The Morgan fingerprint density at radius 1 is 1.38 bits per heavy atom. The van der Waals surface area contributed by atoms with E-state index in [1.54, 1.807) is 41.5 Å². The Kier molecular flexibility index (Phi) is 3.75. The molecule has 1 aromatic heterocycles. The zero-order valence-electron chi connectivity index (χ0n) is 11.7. The number of nitrogens with zero attached hydrogens (tertiary/aromatic N) is 1. The third-order valence-electron chi connectivity index (χ3n) is 3.56. The molecule has 2 heterocycles.